The number of alkyl halides is 3. The van der Waals surface area contributed by atoms with Crippen LogP contribution < -0.4 is 5.73 Å². The second-order valence-electron chi connectivity index (χ2n) is 2.79. The van der Waals surface area contributed by atoms with Crippen LogP contribution in [0.1, 0.15) is 0 Å². The molecule has 0 saturated carbocycles. The number of halogens is 4. The number of nitrogen functional groups attached to an aromatic ring is 1. The maximum absolute atomic E-state index is 12.5. The Balaban J connectivity index is 2.92. The van der Waals surface area contributed by atoms with E-state index in [0.29, 0.717) is 0 Å². The van der Waals surface area contributed by atoms with Gasteiger partial charge in [-0.05, 0) is 18.2 Å². The zero-order valence-corrected chi connectivity index (χ0v) is 8.16. The third-order valence-corrected chi connectivity index (χ3v) is 2.96. The van der Waals surface area contributed by atoms with Crippen molar-refractivity contribution in [1.82, 2.24) is 0 Å². The van der Waals surface area contributed by atoms with Gasteiger partial charge in [-0.3, -0.25) is 4.21 Å². The fourth-order valence-corrected chi connectivity index (χ4v) is 1.95. The molecule has 0 aliphatic heterocycles. The van der Waals surface area contributed by atoms with Gasteiger partial charge in [0.1, 0.15) is 11.6 Å². The molecule has 0 amide bonds. The lowest BCUT2D eigenvalue weighted by molar-refractivity contribution is -0.105. The van der Waals surface area contributed by atoms with E-state index in [1.165, 1.54) is 0 Å². The molecule has 0 heterocycles. The van der Waals surface area contributed by atoms with Gasteiger partial charge >= 0.3 is 6.18 Å². The highest BCUT2D eigenvalue weighted by molar-refractivity contribution is 7.85. The molecule has 1 aromatic rings. The summed E-state index contributed by atoms with van der Waals surface area (Å²) < 4.78 is 59.4. The molecule has 1 unspecified atom stereocenters. The zero-order valence-electron chi connectivity index (χ0n) is 7.34. The van der Waals surface area contributed by atoms with Gasteiger partial charge in [0.05, 0.1) is 21.4 Å². The van der Waals surface area contributed by atoms with Crippen molar-refractivity contribution >= 4 is 16.5 Å². The zero-order chi connectivity index (χ0) is 11.6. The van der Waals surface area contributed by atoms with Crippen molar-refractivity contribution in [3.8, 4) is 0 Å². The van der Waals surface area contributed by atoms with Crippen molar-refractivity contribution in [3.63, 3.8) is 0 Å². The Bertz CT molecular complexity index is 391. The van der Waals surface area contributed by atoms with Crippen LogP contribution in [0.15, 0.2) is 23.1 Å². The average Bonchev–Trinajstić information content (AvgIpc) is 1.99. The summed E-state index contributed by atoms with van der Waals surface area (Å²) in [5, 5.41) is 0. The molecule has 0 aromatic heterocycles. The summed E-state index contributed by atoms with van der Waals surface area (Å²) in [6, 6.07) is 2.75. The van der Waals surface area contributed by atoms with Crippen LogP contribution in [0.5, 0.6) is 0 Å². The summed E-state index contributed by atoms with van der Waals surface area (Å²) in [6.07, 6.45) is -4.54. The van der Waals surface area contributed by atoms with Gasteiger partial charge in [-0.25, -0.2) is 4.39 Å². The van der Waals surface area contributed by atoms with E-state index in [2.05, 4.69) is 0 Å². The molecule has 0 saturated heterocycles. The molecule has 1 aromatic carbocycles. The topological polar surface area (TPSA) is 43.1 Å². The lowest BCUT2D eigenvalue weighted by Crippen LogP contribution is -2.19. The molecule has 2 N–H and O–H groups in total. The Morgan fingerprint density at radius 2 is 1.93 bits per heavy atom. The van der Waals surface area contributed by atoms with E-state index in [1.54, 1.807) is 0 Å². The minimum Gasteiger partial charge on any atom is -0.398 e. The van der Waals surface area contributed by atoms with Crippen LogP contribution in [-0.4, -0.2) is 16.1 Å². The van der Waals surface area contributed by atoms with E-state index in [0.717, 1.165) is 18.2 Å². The van der Waals surface area contributed by atoms with Gasteiger partial charge in [0.2, 0.25) is 0 Å². The minimum atomic E-state index is -4.54. The molecular formula is C8H7F4NOS. The Morgan fingerprint density at radius 1 is 1.33 bits per heavy atom. The van der Waals surface area contributed by atoms with Crippen LogP contribution >= 0.6 is 0 Å². The summed E-state index contributed by atoms with van der Waals surface area (Å²) in [7, 11) is -2.29. The predicted octanol–water partition coefficient (Wildman–Crippen LogP) is 2.08. The summed E-state index contributed by atoms with van der Waals surface area (Å²) in [5.41, 5.74) is 5.00. The highest BCUT2D eigenvalue weighted by atomic mass is 32.2. The second kappa shape index (κ2) is 4.18. The monoisotopic (exact) mass is 241 g/mol. The van der Waals surface area contributed by atoms with E-state index in [1.807, 2.05) is 0 Å². The quantitative estimate of drug-likeness (QED) is 0.636. The molecule has 1 rings (SSSR count). The van der Waals surface area contributed by atoms with Crippen molar-refractivity contribution in [2.24, 2.45) is 0 Å². The van der Waals surface area contributed by atoms with E-state index in [9.17, 15) is 21.8 Å². The molecule has 1 atom stereocenters. The van der Waals surface area contributed by atoms with Crippen molar-refractivity contribution < 1.29 is 21.8 Å². The standard InChI is InChI=1S/C8H7F4NOS/c9-5-1-2-7(6(13)3-5)15(14)4-8(10,11)12/h1-3H,4,13H2. The third-order valence-electron chi connectivity index (χ3n) is 1.51. The van der Waals surface area contributed by atoms with Crippen LogP contribution in [0.2, 0.25) is 0 Å². The molecule has 2 nitrogen and oxygen atoms in total. The molecule has 0 fully saturated rings. The first-order valence-corrected chi connectivity index (χ1v) is 5.11. The lowest BCUT2D eigenvalue weighted by atomic mass is 10.3. The van der Waals surface area contributed by atoms with Gasteiger partial charge in [0, 0.05) is 0 Å². The van der Waals surface area contributed by atoms with E-state index < -0.39 is 28.5 Å². The molecule has 0 bridgehead atoms. The van der Waals surface area contributed by atoms with Crippen molar-refractivity contribution in [2.75, 3.05) is 11.5 Å². The normalized spacial score (nSPS) is 13.9. The second-order valence-corrected chi connectivity index (χ2v) is 4.21. The van der Waals surface area contributed by atoms with Crippen molar-refractivity contribution in [3.05, 3.63) is 24.0 Å². The highest BCUT2D eigenvalue weighted by Gasteiger charge is 2.31. The van der Waals surface area contributed by atoms with E-state index in [-0.39, 0.29) is 10.6 Å². The van der Waals surface area contributed by atoms with Crippen LogP contribution in [0.25, 0.3) is 0 Å². The molecule has 0 aliphatic carbocycles. The van der Waals surface area contributed by atoms with Gasteiger partial charge in [-0.1, -0.05) is 0 Å². The highest BCUT2D eigenvalue weighted by Crippen LogP contribution is 2.23. The van der Waals surface area contributed by atoms with Crippen LogP contribution in [-0.2, 0) is 10.8 Å². The van der Waals surface area contributed by atoms with Crippen LogP contribution in [0.3, 0.4) is 0 Å². The number of anilines is 1. The smallest absolute Gasteiger partial charge is 0.398 e. The summed E-state index contributed by atoms with van der Waals surface area (Å²) in [5.74, 6) is -2.16. The number of hydrogen-bond acceptors (Lipinski definition) is 2. The molecule has 0 spiro atoms. The number of hydrogen-bond donors (Lipinski definition) is 1. The minimum absolute atomic E-state index is 0.200. The summed E-state index contributed by atoms with van der Waals surface area (Å²) in [4.78, 5) is -0.200. The Hall–Kier alpha value is -1.11. The molecule has 7 heteroatoms. The SMILES string of the molecule is Nc1cc(F)ccc1S(=O)CC(F)(F)F. The summed E-state index contributed by atoms with van der Waals surface area (Å²) >= 11 is 0. The fraction of sp³-hybridized carbons (Fsp3) is 0.250. The molecule has 84 valence electrons. The third kappa shape index (κ3) is 3.50. The van der Waals surface area contributed by atoms with Gasteiger partial charge in [-0.15, -0.1) is 0 Å². The maximum Gasteiger partial charge on any atom is 0.400 e. The predicted molar refractivity (Wildman–Crippen MR) is 48.1 cm³/mol. The largest absolute Gasteiger partial charge is 0.400 e. The number of benzene rings is 1. The first-order valence-electron chi connectivity index (χ1n) is 3.80. The van der Waals surface area contributed by atoms with Crippen molar-refractivity contribution in [1.29, 1.82) is 0 Å². The maximum atomic E-state index is 12.5. The van der Waals surface area contributed by atoms with Gasteiger partial charge in [0.25, 0.3) is 0 Å². The van der Waals surface area contributed by atoms with E-state index >= 15 is 0 Å². The molecule has 0 radical (unpaired) electrons. The lowest BCUT2D eigenvalue weighted by Gasteiger charge is -2.08. The van der Waals surface area contributed by atoms with Gasteiger partial charge in [-0.2, -0.15) is 13.2 Å². The van der Waals surface area contributed by atoms with Gasteiger partial charge in [0.15, 0.2) is 0 Å². The van der Waals surface area contributed by atoms with Gasteiger partial charge < -0.3 is 5.73 Å². The first-order chi connectivity index (χ1) is 6.79. The first kappa shape index (κ1) is 12.0. The number of nitrogens with two attached hydrogens (primary N) is 1. The van der Waals surface area contributed by atoms with Crippen LogP contribution in [0.4, 0.5) is 23.2 Å². The Labute approximate surface area is 85.5 Å². The molecule has 15 heavy (non-hydrogen) atoms. The van der Waals surface area contributed by atoms with E-state index in [4.69, 9.17) is 5.73 Å². The van der Waals surface area contributed by atoms with Crippen LogP contribution in [0, 0.1) is 5.82 Å². The summed E-state index contributed by atoms with van der Waals surface area (Å²) in [6.45, 7) is 0. The molecular weight excluding hydrogens is 234 g/mol. The van der Waals surface area contributed by atoms with Crippen molar-refractivity contribution in [2.45, 2.75) is 11.1 Å². The molecule has 0 aliphatic rings. The Morgan fingerprint density at radius 3 is 2.40 bits per heavy atom. The Kier molecular flexibility index (Phi) is 3.33. The fourth-order valence-electron chi connectivity index (χ4n) is 0.953. The number of rotatable bonds is 2. The average molecular weight is 241 g/mol.